The molecule has 1 aliphatic heterocycles. The highest BCUT2D eigenvalue weighted by atomic mass is 35.5. The van der Waals surface area contributed by atoms with Gasteiger partial charge in [0.2, 0.25) is 0 Å². The quantitative estimate of drug-likeness (QED) is 0.385. The van der Waals surface area contributed by atoms with Gasteiger partial charge in [0, 0.05) is 18.8 Å². The summed E-state index contributed by atoms with van der Waals surface area (Å²) in [7, 11) is 1.87. The van der Waals surface area contributed by atoms with Crippen LogP contribution in [0.5, 0.6) is 0 Å². The molecule has 0 amide bonds. The lowest BCUT2D eigenvalue weighted by Gasteiger charge is -2.08. The second-order valence-electron chi connectivity index (χ2n) is 2.88. The Balaban J connectivity index is 2.20. The average Bonchev–Trinajstić information content (AvgIpc) is 2.53. The smallest absolute Gasteiger partial charge is 0.162 e. The fourth-order valence-electron chi connectivity index (χ4n) is 1.18. The summed E-state index contributed by atoms with van der Waals surface area (Å²) in [5.41, 5.74) is 0.721. The van der Waals surface area contributed by atoms with Crippen LogP contribution in [0.1, 0.15) is 11.6 Å². The van der Waals surface area contributed by atoms with Gasteiger partial charge in [-0.1, -0.05) is 17.7 Å². The van der Waals surface area contributed by atoms with Gasteiger partial charge in [-0.25, -0.2) is 0 Å². The zero-order valence-corrected chi connectivity index (χ0v) is 7.89. The molecule has 0 aromatic carbocycles. The molecule has 5 heteroatoms. The summed E-state index contributed by atoms with van der Waals surface area (Å²) in [5.74, 6) is 0. The van der Waals surface area contributed by atoms with Gasteiger partial charge < -0.3 is 0 Å². The molecule has 1 aromatic heterocycles. The van der Waals surface area contributed by atoms with E-state index in [4.69, 9.17) is 11.6 Å². The van der Waals surface area contributed by atoms with E-state index in [0.29, 0.717) is 0 Å². The van der Waals surface area contributed by atoms with Crippen molar-refractivity contribution >= 4 is 11.6 Å². The fraction of sp³-hybridized carbons (Fsp3) is 0.375. The highest BCUT2D eigenvalue weighted by molar-refractivity contribution is 6.21. The van der Waals surface area contributed by atoms with Crippen LogP contribution in [0.3, 0.4) is 0 Å². The molecule has 0 fully saturated rings. The van der Waals surface area contributed by atoms with Crippen molar-refractivity contribution in [1.82, 2.24) is 9.78 Å². The van der Waals surface area contributed by atoms with Gasteiger partial charge in [-0.2, -0.15) is 15.3 Å². The Morgan fingerprint density at radius 1 is 1.38 bits per heavy atom. The maximum atomic E-state index is 5.71. The zero-order chi connectivity index (χ0) is 9.26. The number of hydrogen-bond donors (Lipinski definition) is 0. The van der Waals surface area contributed by atoms with Crippen molar-refractivity contribution in [3.63, 3.8) is 0 Å². The normalized spacial score (nSPS) is 26.6. The molecule has 0 radical (unpaired) electrons. The first-order valence-corrected chi connectivity index (χ1v) is 4.40. The van der Waals surface area contributed by atoms with Crippen LogP contribution >= 0.6 is 11.6 Å². The lowest BCUT2D eigenvalue weighted by atomic mass is 10.1. The molecule has 0 saturated heterocycles. The molecular weight excluding hydrogens is 188 g/mol. The summed E-state index contributed by atoms with van der Waals surface area (Å²) in [6.07, 6.45) is 7.46. The van der Waals surface area contributed by atoms with Crippen LogP contribution in [-0.4, -0.2) is 15.3 Å². The maximum absolute atomic E-state index is 5.71. The second kappa shape index (κ2) is 3.30. The van der Waals surface area contributed by atoms with Crippen molar-refractivity contribution in [3.8, 4) is 0 Å². The number of alkyl halides is 1. The molecule has 0 bridgehead atoms. The molecule has 1 aromatic rings. The van der Waals surface area contributed by atoms with E-state index in [0.717, 1.165) is 5.56 Å². The number of aryl methyl sites for hydroxylation is 1. The molecule has 13 heavy (non-hydrogen) atoms. The maximum Gasteiger partial charge on any atom is 0.162 e. The molecule has 0 N–H and O–H groups in total. The lowest BCUT2D eigenvalue weighted by Crippen LogP contribution is -1.98. The van der Waals surface area contributed by atoms with Gasteiger partial charge in [0.25, 0.3) is 0 Å². The molecule has 1 aliphatic rings. The van der Waals surface area contributed by atoms with Crippen LogP contribution in [0, 0.1) is 0 Å². The third-order valence-electron chi connectivity index (χ3n) is 1.82. The van der Waals surface area contributed by atoms with E-state index in [-0.39, 0.29) is 11.5 Å². The average molecular weight is 197 g/mol. The van der Waals surface area contributed by atoms with Crippen molar-refractivity contribution in [2.45, 2.75) is 11.5 Å². The van der Waals surface area contributed by atoms with E-state index >= 15 is 0 Å². The molecule has 2 unspecified atom stereocenters. The van der Waals surface area contributed by atoms with E-state index in [1.807, 2.05) is 25.4 Å². The topological polar surface area (TPSA) is 42.5 Å². The van der Waals surface area contributed by atoms with Crippen LogP contribution in [0.4, 0.5) is 0 Å². The molecule has 0 spiro atoms. The lowest BCUT2D eigenvalue weighted by molar-refractivity contribution is 0.747. The third-order valence-corrected chi connectivity index (χ3v) is 2.05. The van der Waals surface area contributed by atoms with E-state index < -0.39 is 0 Å². The zero-order valence-electron chi connectivity index (χ0n) is 7.13. The van der Waals surface area contributed by atoms with Crippen LogP contribution in [0.25, 0.3) is 0 Å². The summed E-state index contributed by atoms with van der Waals surface area (Å²) in [6, 6.07) is -0.0244. The Hall–Kier alpha value is -1.16. The summed E-state index contributed by atoms with van der Waals surface area (Å²) >= 11 is 5.71. The van der Waals surface area contributed by atoms with E-state index in [2.05, 4.69) is 15.3 Å². The van der Waals surface area contributed by atoms with Gasteiger partial charge >= 0.3 is 0 Å². The summed E-state index contributed by atoms with van der Waals surface area (Å²) in [5, 5.41) is 12.0. The summed E-state index contributed by atoms with van der Waals surface area (Å²) in [6.45, 7) is 0. The Labute approximate surface area is 80.9 Å². The Morgan fingerprint density at radius 2 is 2.23 bits per heavy atom. The van der Waals surface area contributed by atoms with E-state index in [1.165, 1.54) is 0 Å². The third kappa shape index (κ3) is 1.78. The first-order valence-electron chi connectivity index (χ1n) is 3.96. The van der Waals surface area contributed by atoms with Gasteiger partial charge in [-0.3, -0.25) is 4.68 Å². The van der Waals surface area contributed by atoms with Crippen LogP contribution in [-0.2, 0) is 7.05 Å². The number of aromatic nitrogens is 2. The van der Waals surface area contributed by atoms with Crippen molar-refractivity contribution in [3.05, 3.63) is 30.1 Å². The minimum Gasteiger partial charge on any atom is -0.275 e. The fourth-order valence-corrected chi connectivity index (χ4v) is 1.31. The van der Waals surface area contributed by atoms with E-state index in [9.17, 15) is 0 Å². The van der Waals surface area contributed by atoms with Gasteiger partial charge in [-0.15, -0.1) is 0 Å². The predicted molar refractivity (Wildman–Crippen MR) is 49.6 cm³/mol. The Morgan fingerprint density at radius 3 is 2.77 bits per heavy atom. The molecule has 0 saturated carbocycles. The molecule has 0 aliphatic carbocycles. The number of azo groups is 1. The molecule has 4 nitrogen and oxygen atoms in total. The predicted octanol–water partition coefficient (Wildman–Crippen LogP) is 2.05. The molecular formula is C8H9ClN4. The van der Waals surface area contributed by atoms with Crippen molar-refractivity contribution < 1.29 is 0 Å². The SMILES string of the molecule is Cn1cc(C2C=CC(Cl)N=N2)cn1. The van der Waals surface area contributed by atoms with E-state index in [1.54, 1.807) is 10.9 Å². The van der Waals surface area contributed by atoms with Crippen LogP contribution in [0.2, 0.25) is 0 Å². The van der Waals surface area contributed by atoms with Crippen molar-refractivity contribution in [2.24, 2.45) is 17.3 Å². The summed E-state index contributed by atoms with van der Waals surface area (Å²) in [4.78, 5) is 0. The number of hydrogen-bond acceptors (Lipinski definition) is 3. The van der Waals surface area contributed by atoms with Gasteiger partial charge in [0.1, 0.15) is 6.04 Å². The molecule has 68 valence electrons. The van der Waals surface area contributed by atoms with Gasteiger partial charge in [-0.05, 0) is 6.08 Å². The molecule has 2 atom stereocenters. The van der Waals surface area contributed by atoms with Crippen molar-refractivity contribution in [1.29, 1.82) is 0 Å². The Kier molecular flexibility index (Phi) is 2.14. The summed E-state index contributed by atoms with van der Waals surface area (Å²) < 4.78 is 1.74. The number of nitrogens with zero attached hydrogens (tertiary/aromatic N) is 4. The largest absolute Gasteiger partial charge is 0.275 e. The second-order valence-corrected chi connectivity index (χ2v) is 3.33. The first-order chi connectivity index (χ1) is 6.25. The Bertz CT molecular complexity index is 341. The van der Waals surface area contributed by atoms with Gasteiger partial charge in [0.05, 0.1) is 6.20 Å². The highest BCUT2D eigenvalue weighted by Gasteiger charge is 2.13. The molecule has 2 heterocycles. The van der Waals surface area contributed by atoms with Crippen molar-refractivity contribution in [2.75, 3.05) is 0 Å². The highest BCUT2D eigenvalue weighted by Crippen LogP contribution is 2.23. The monoisotopic (exact) mass is 196 g/mol. The minimum atomic E-state index is -0.312. The van der Waals surface area contributed by atoms with Gasteiger partial charge in [0.15, 0.2) is 5.50 Å². The minimum absolute atomic E-state index is 0.0244. The first kappa shape index (κ1) is 8.44. The number of rotatable bonds is 1. The number of halogens is 1. The van der Waals surface area contributed by atoms with Crippen LogP contribution < -0.4 is 0 Å². The standard InChI is InChI=1S/C8H9ClN4/c1-13-5-6(4-10-13)7-2-3-8(9)12-11-7/h2-5,7-8H,1H3. The molecule has 2 rings (SSSR count). The van der Waals surface area contributed by atoms with Crippen LogP contribution in [0.15, 0.2) is 34.8 Å².